The number of pyridine rings is 1. The van der Waals surface area contributed by atoms with Gasteiger partial charge in [0.25, 0.3) is 0 Å². The highest BCUT2D eigenvalue weighted by Crippen LogP contribution is 2.28. The molecule has 1 N–H and O–H groups in total. The number of hydrogen-bond acceptors (Lipinski definition) is 3. The molecule has 0 amide bonds. The summed E-state index contributed by atoms with van der Waals surface area (Å²) < 4.78 is 6.40. The summed E-state index contributed by atoms with van der Waals surface area (Å²) in [5, 5.41) is 3.20. The van der Waals surface area contributed by atoms with Gasteiger partial charge in [-0.2, -0.15) is 0 Å². The van der Waals surface area contributed by atoms with Gasteiger partial charge in [0, 0.05) is 12.4 Å². The third kappa shape index (κ3) is 2.11. The van der Waals surface area contributed by atoms with Crippen molar-refractivity contribution in [1.82, 2.24) is 10.3 Å². The van der Waals surface area contributed by atoms with Gasteiger partial charge in [0.1, 0.15) is 5.76 Å². The van der Waals surface area contributed by atoms with Crippen LogP contribution in [0, 0.1) is 0 Å². The molecule has 0 aromatic carbocycles. The monoisotopic (exact) mass is 266 g/mol. The largest absolute Gasteiger partial charge is 0.466 e. The SMILES string of the molecule is CNC(c1cccnc1)c1occc1Br. The maximum absolute atomic E-state index is 5.43. The van der Waals surface area contributed by atoms with Crippen molar-refractivity contribution in [2.45, 2.75) is 6.04 Å². The first-order valence-electron chi connectivity index (χ1n) is 4.63. The average Bonchev–Trinajstić information content (AvgIpc) is 2.68. The van der Waals surface area contributed by atoms with E-state index >= 15 is 0 Å². The molecular weight excluding hydrogens is 256 g/mol. The lowest BCUT2D eigenvalue weighted by Crippen LogP contribution is -2.17. The highest BCUT2D eigenvalue weighted by molar-refractivity contribution is 9.10. The van der Waals surface area contributed by atoms with Crippen LogP contribution >= 0.6 is 15.9 Å². The van der Waals surface area contributed by atoms with Gasteiger partial charge in [0.2, 0.25) is 0 Å². The number of rotatable bonds is 3. The molecule has 1 unspecified atom stereocenters. The van der Waals surface area contributed by atoms with E-state index in [1.165, 1.54) is 0 Å². The normalized spacial score (nSPS) is 12.7. The average molecular weight is 267 g/mol. The van der Waals surface area contributed by atoms with Crippen LogP contribution in [0.1, 0.15) is 17.4 Å². The van der Waals surface area contributed by atoms with Crippen LogP contribution in [0.3, 0.4) is 0 Å². The molecule has 0 aliphatic rings. The summed E-state index contributed by atoms with van der Waals surface area (Å²) >= 11 is 3.45. The van der Waals surface area contributed by atoms with E-state index in [2.05, 4.69) is 26.2 Å². The highest BCUT2D eigenvalue weighted by atomic mass is 79.9. The topological polar surface area (TPSA) is 38.1 Å². The van der Waals surface area contributed by atoms with Gasteiger partial charge in [0.15, 0.2) is 0 Å². The fourth-order valence-corrected chi connectivity index (χ4v) is 1.94. The maximum atomic E-state index is 5.43. The number of furan rings is 1. The molecule has 3 nitrogen and oxygen atoms in total. The Morgan fingerprint density at radius 1 is 1.47 bits per heavy atom. The Balaban J connectivity index is 2.37. The van der Waals surface area contributed by atoms with E-state index in [9.17, 15) is 0 Å². The molecule has 0 spiro atoms. The lowest BCUT2D eigenvalue weighted by atomic mass is 10.1. The molecule has 2 aromatic heterocycles. The summed E-state index contributed by atoms with van der Waals surface area (Å²) in [5.41, 5.74) is 1.08. The second kappa shape index (κ2) is 4.59. The molecule has 4 heteroatoms. The van der Waals surface area contributed by atoms with Crippen LogP contribution < -0.4 is 5.32 Å². The second-order valence-corrected chi connectivity index (χ2v) is 4.00. The zero-order valence-corrected chi connectivity index (χ0v) is 9.86. The smallest absolute Gasteiger partial charge is 0.139 e. The number of nitrogens with zero attached hydrogens (tertiary/aromatic N) is 1. The van der Waals surface area contributed by atoms with Gasteiger partial charge < -0.3 is 9.73 Å². The Labute approximate surface area is 96.6 Å². The highest BCUT2D eigenvalue weighted by Gasteiger charge is 2.17. The third-order valence-corrected chi connectivity index (χ3v) is 2.87. The van der Waals surface area contributed by atoms with Crippen LogP contribution in [0.15, 0.2) is 45.7 Å². The van der Waals surface area contributed by atoms with Crippen molar-refractivity contribution >= 4 is 15.9 Å². The molecule has 0 saturated heterocycles. The van der Waals surface area contributed by atoms with Gasteiger partial charge in [-0.1, -0.05) is 6.07 Å². The van der Waals surface area contributed by atoms with Gasteiger partial charge >= 0.3 is 0 Å². The lowest BCUT2D eigenvalue weighted by molar-refractivity contribution is 0.460. The zero-order valence-electron chi connectivity index (χ0n) is 8.27. The van der Waals surface area contributed by atoms with E-state index < -0.39 is 0 Å². The van der Waals surface area contributed by atoms with Gasteiger partial charge in [-0.05, 0) is 40.7 Å². The van der Waals surface area contributed by atoms with Gasteiger partial charge in [-0.3, -0.25) is 4.98 Å². The summed E-state index contributed by atoms with van der Waals surface area (Å²) in [4.78, 5) is 4.10. The third-order valence-electron chi connectivity index (χ3n) is 2.21. The van der Waals surface area contributed by atoms with Gasteiger partial charge in [-0.25, -0.2) is 0 Å². The van der Waals surface area contributed by atoms with E-state index in [1.807, 2.05) is 31.4 Å². The molecule has 1 atom stereocenters. The molecule has 0 bridgehead atoms. The van der Waals surface area contributed by atoms with Crippen LogP contribution in [0.25, 0.3) is 0 Å². The van der Waals surface area contributed by atoms with E-state index in [-0.39, 0.29) is 6.04 Å². The molecule has 0 radical (unpaired) electrons. The van der Waals surface area contributed by atoms with Crippen LogP contribution in [0.2, 0.25) is 0 Å². The minimum atomic E-state index is 0.0306. The summed E-state index contributed by atoms with van der Waals surface area (Å²) in [6.45, 7) is 0. The van der Waals surface area contributed by atoms with Crippen molar-refractivity contribution in [3.05, 3.63) is 52.7 Å². The minimum absolute atomic E-state index is 0.0306. The van der Waals surface area contributed by atoms with E-state index in [4.69, 9.17) is 4.42 Å². The summed E-state index contributed by atoms with van der Waals surface area (Å²) in [6, 6.07) is 5.85. The molecule has 0 saturated carbocycles. The van der Waals surface area contributed by atoms with Gasteiger partial charge in [-0.15, -0.1) is 0 Å². The molecule has 0 fully saturated rings. The van der Waals surface area contributed by atoms with E-state index in [0.29, 0.717) is 0 Å². The fraction of sp³-hybridized carbons (Fsp3) is 0.182. The van der Waals surface area contributed by atoms with Gasteiger partial charge in [0.05, 0.1) is 16.8 Å². The van der Waals surface area contributed by atoms with Crippen molar-refractivity contribution in [3.8, 4) is 0 Å². The summed E-state index contributed by atoms with van der Waals surface area (Å²) in [7, 11) is 1.90. The quantitative estimate of drug-likeness (QED) is 0.929. The molecular formula is C11H11BrN2O. The van der Waals surface area contributed by atoms with Crippen molar-refractivity contribution in [3.63, 3.8) is 0 Å². The second-order valence-electron chi connectivity index (χ2n) is 3.14. The maximum Gasteiger partial charge on any atom is 0.139 e. The predicted octanol–water partition coefficient (Wildman–Crippen LogP) is 2.75. The fourth-order valence-electron chi connectivity index (χ4n) is 1.51. The van der Waals surface area contributed by atoms with Crippen molar-refractivity contribution in [2.24, 2.45) is 0 Å². The minimum Gasteiger partial charge on any atom is -0.466 e. The molecule has 15 heavy (non-hydrogen) atoms. The number of halogens is 1. The Morgan fingerprint density at radius 3 is 2.87 bits per heavy atom. The van der Waals surface area contributed by atoms with Crippen molar-refractivity contribution in [1.29, 1.82) is 0 Å². The van der Waals surface area contributed by atoms with Crippen LogP contribution in [0.4, 0.5) is 0 Å². The first-order valence-corrected chi connectivity index (χ1v) is 5.42. The summed E-state index contributed by atoms with van der Waals surface area (Å²) in [5.74, 6) is 0.866. The number of hydrogen-bond donors (Lipinski definition) is 1. The number of nitrogens with one attached hydrogen (secondary N) is 1. The van der Waals surface area contributed by atoms with Crippen molar-refractivity contribution < 1.29 is 4.42 Å². The summed E-state index contributed by atoms with van der Waals surface area (Å²) in [6.07, 6.45) is 5.25. The van der Waals surface area contributed by atoms with Crippen LogP contribution in [0.5, 0.6) is 0 Å². The van der Waals surface area contributed by atoms with Crippen molar-refractivity contribution in [2.75, 3.05) is 7.05 Å². The molecule has 0 aliphatic carbocycles. The molecule has 2 rings (SSSR count). The zero-order chi connectivity index (χ0) is 10.7. The predicted molar refractivity (Wildman–Crippen MR) is 61.5 cm³/mol. The first-order chi connectivity index (χ1) is 7.33. The first kappa shape index (κ1) is 10.4. The van der Waals surface area contributed by atoms with Crippen LogP contribution in [-0.2, 0) is 0 Å². The molecule has 2 heterocycles. The Hall–Kier alpha value is -1.13. The van der Waals surface area contributed by atoms with E-state index in [0.717, 1.165) is 15.8 Å². The molecule has 2 aromatic rings. The lowest BCUT2D eigenvalue weighted by Gasteiger charge is -2.13. The Morgan fingerprint density at radius 2 is 2.33 bits per heavy atom. The van der Waals surface area contributed by atoms with E-state index in [1.54, 1.807) is 12.5 Å². The van der Waals surface area contributed by atoms with Crippen LogP contribution in [-0.4, -0.2) is 12.0 Å². The number of aromatic nitrogens is 1. The molecule has 78 valence electrons. The Kier molecular flexibility index (Phi) is 3.18. The standard InChI is InChI=1S/C11H11BrN2O/c1-13-10(8-3-2-5-14-7-8)11-9(12)4-6-15-11/h2-7,10,13H,1H3. The Bertz CT molecular complexity index is 427. The molecule has 0 aliphatic heterocycles.